The summed E-state index contributed by atoms with van der Waals surface area (Å²) in [6.07, 6.45) is 0.567. The lowest BCUT2D eigenvalue weighted by molar-refractivity contribution is -0.120. The van der Waals surface area contributed by atoms with Gasteiger partial charge in [-0.3, -0.25) is 4.79 Å². The fourth-order valence-corrected chi connectivity index (χ4v) is 2.05. The number of halogens is 2. The van der Waals surface area contributed by atoms with Crippen molar-refractivity contribution in [3.63, 3.8) is 0 Å². The Labute approximate surface area is 138 Å². The lowest BCUT2D eigenvalue weighted by Gasteiger charge is -2.09. The highest BCUT2D eigenvalue weighted by atomic mass is 35.5. The van der Waals surface area contributed by atoms with Gasteiger partial charge in [-0.25, -0.2) is 4.39 Å². The van der Waals surface area contributed by atoms with Crippen LogP contribution >= 0.6 is 11.6 Å². The number of amides is 1. The van der Waals surface area contributed by atoms with Gasteiger partial charge in [0, 0.05) is 18.2 Å². The van der Waals surface area contributed by atoms with E-state index >= 15 is 0 Å². The van der Waals surface area contributed by atoms with E-state index in [4.69, 9.17) is 21.4 Å². The number of aliphatic hydroxyl groups is 1. The van der Waals surface area contributed by atoms with Crippen molar-refractivity contribution in [2.75, 3.05) is 13.2 Å². The van der Waals surface area contributed by atoms with Gasteiger partial charge in [0.1, 0.15) is 5.75 Å². The maximum Gasteiger partial charge on any atom is 0.224 e. The molecule has 2 aromatic carbocycles. The number of benzene rings is 2. The summed E-state index contributed by atoms with van der Waals surface area (Å²) in [6.45, 7) is 0.418. The van der Waals surface area contributed by atoms with E-state index in [1.807, 2.05) is 0 Å². The smallest absolute Gasteiger partial charge is 0.224 e. The average molecular weight is 338 g/mol. The highest BCUT2D eigenvalue weighted by molar-refractivity contribution is 6.30. The Morgan fingerprint density at radius 3 is 2.61 bits per heavy atom. The van der Waals surface area contributed by atoms with Crippen LogP contribution in [0.15, 0.2) is 42.5 Å². The van der Waals surface area contributed by atoms with Crippen molar-refractivity contribution in [1.29, 1.82) is 0 Å². The molecule has 6 heteroatoms. The lowest BCUT2D eigenvalue weighted by Crippen LogP contribution is -2.26. The van der Waals surface area contributed by atoms with Gasteiger partial charge < -0.3 is 15.2 Å². The summed E-state index contributed by atoms with van der Waals surface area (Å²) in [6, 6.07) is 11.0. The standard InChI is InChI=1S/C17H17ClFNO3/c18-13-3-5-14(6-4-13)23-16-7-2-12(10-15(16)19)11-17(22)20-8-1-9-21/h2-7,10,21H,1,8-9,11H2,(H,20,22). The van der Waals surface area contributed by atoms with Gasteiger partial charge in [0.15, 0.2) is 11.6 Å². The predicted molar refractivity (Wildman–Crippen MR) is 86.3 cm³/mol. The Balaban J connectivity index is 1.97. The molecule has 0 heterocycles. The molecule has 0 fully saturated rings. The third kappa shape index (κ3) is 5.54. The molecule has 0 aliphatic carbocycles. The quantitative estimate of drug-likeness (QED) is 0.762. The Morgan fingerprint density at radius 1 is 1.22 bits per heavy atom. The van der Waals surface area contributed by atoms with E-state index in [2.05, 4.69) is 5.32 Å². The van der Waals surface area contributed by atoms with E-state index in [9.17, 15) is 9.18 Å². The fourth-order valence-electron chi connectivity index (χ4n) is 1.92. The second-order valence-corrected chi connectivity index (χ2v) is 5.36. The fraction of sp³-hybridized carbons (Fsp3) is 0.235. The molecule has 0 saturated carbocycles. The first-order valence-electron chi connectivity index (χ1n) is 7.18. The van der Waals surface area contributed by atoms with E-state index in [-0.39, 0.29) is 24.7 Å². The maximum atomic E-state index is 14.1. The third-order valence-electron chi connectivity index (χ3n) is 3.06. The van der Waals surface area contributed by atoms with Gasteiger partial charge >= 0.3 is 0 Å². The molecule has 0 aliphatic heterocycles. The van der Waals surface area contributed by atoms with Crippen molar-refractivity contribution in [2.45, 2.75) is 12.8 Å². The summed E-state index contributed by atoms with van der Waals surface area (Å²) < 4.78 is 19.5. The highest BCUT2D eigenvalue weighted by Gasteiger charge is 2.09. The number of ether oxygens (including phenoxy) is 1. The molecule has 2 N–H and O–H groups in total. The van der Waals surface area contributed by atoms with Crippen LogP contribution in [-0.2, 0) is 11.2 Å². The molecule has 0 bridgehead atoms. The normalized spacial score (nSPS) is 10.4. The van der Waals surface area contributed by atoms with Crippen LogP contribution < -0.4 is 10.1 Å². The second kappa shape index (κ2) is 8.50. The van der Waals surface area contributed by atoms with Gasteiger partial charge in [-0.15, -0.1) is 0 Å². The minimum Gasteiger partial charge on any atom is -0.454 e. The van der Waals surface area contributed by atoms with Crippen molar-refractivity contribution in [3.8, 4) is 11.5 Å². The molecule has 0 aliphatic rings. The predicted octanol–water partition coefficient (Wildman–Crippen LogP) is 3.31. The topological polar surface area (TPSA) is 58.6 Å². The monoisotopic (exact) mass is 337 g/mol. The lowest BCUT2D eigenvalue weighted by atomic mass is 10.1. The average Bonchev–Trinajstić information content (AvgIpc) is 2.52. The molecular formula is C17H17ClFNO3. The Bertz CT molecular complexity index is 661. The molecule has 0 spiro atoms. The summed E-state index contributed by atoms with van der Waals surface area (Å²) >= 11 is 5.78. The zero-order valence-corrected chi connectivity index (χ0v) is 13.1. The first-order valence-corrected chi connectivity index (χ1v) is 7.55. The molecule has 2 rings (SSSR count). The van der Waals surface area contributed by atoms with Crippen LogP contribution in [0.4, 0.5) is 4.39 Å². The van der Waals surface area contributed by atoms with Gasteiger partial charge in [-0.1, -0.05) is 17.7 Å². The zero-order valence-electron chi connectivity index (χ0n) is 12.4. The summed E-state index contributed by atoms with van der Waals surface area (Å²) in [5.41, 5.74) is 0.549. The minimum atomic E-state index is -0.541. The largest absolute Gasteiger partial charge is 0.454 e. The summed E-state index contributed by atoms with van der Waals surface area (Å²) in [4.78, 5) is 11.6. The van der Waals surface area contributed by atoms with Crippen molar-refractivity contribution in [2.24, 2.45) is 0 Å². The molecule has 122 valence electrons. The number of aliphatic hydroxyl groups excluding tert-OH is 1. The van der Waals surface area contributed by atoms with Gasteiger partial charge in [-0.05, 0) is 48.4 Å². The van der Waals surface area contributed by atoms with E-state index in [1.165, 1.54) is 12.1 Å². The maximum absolute atomic E-state index is 14.1. The van der Waals surface area contributed by atoms with E-state index in [0.717, 1.165) is 0 Å². The molecule has 4 nitrogen and oxygen atoms in total. The van der Waals surface area contributed by atoms with Crippen LogP contribution in [0.1, 0.15) is 12.0 Å². The molecule has 0 saturated heterocycles. The van der Waals surface area contributed by atoms with Crippen LogP contribution in [0.5, 0.6) is 11.5 Å². The van der Waals surface area contributed by atoms with Crippen LogP contribution in [0.2, 0.25) is 5.02 Å². The first-order chi connectivity index (χ1) is 11.1. The number of hydrogen-bond acceptors (Lipinski definition) is 3. The minimum absolute atomic E-state index is 0.0195. The summed E-state index contributed by atoms with van der Waals surface area (Å²) in [5.74, 6) is -0.204. The van der Waals surface area contributed by atoms with Crippen molar-refractivity contribution in [3.05, 3.63) is 58.9 Å². The molecule has 0 aromatic heterocycles. The van der Waals surface area contributed by atoms with Gasteiger partial charge in [0.25, 0.3) is 0 Å². The summed E-state index contributed by atoms with van der Waals surface area (Å²) in [5, 5.41) is 11.9. The number of carbonyl (C=O) groups is 1. The highest BCUT2D eigenvalue weighted by Crippen LogP contribution is 2.26. The van der Waals surface area contributed by atoms with Gasteiger partial charge in [0.2, 0.25) is 5.91 Å². The Morgan fingerprint density at radius 2 is 1.96 bits per heavy atom. The van der Waals surface area contributed by atoms with Crippen LogP contribution in [-0.4, -0.2) is 24.2 Å². The Hall–Kier alpha value is -2.11. The van der Waals surface area contributed by atoms with Crippen molar-refractivity contribution in [1.82, 2.24) is 5.32 Å². The molecule has 0 radical (unpaired) electrons. The number of nitrogens with one attached hydrogen (secondary N) is 1. The molecule has 0 unspecified atom stereocenters. The SMILES string of the molecule is O=C(Cc1ccc(Oc2ccc(Cl)cc2)c(F)c1)NCCCO. The zero-order chi connectivity index (χ0) is 16.7. The first kappa shape index (κ1) is 17.2. The third-order valence-corrected chi connectivity index (χ3v) is 3.31. The van der Waals surface area contributed by atoms with Crippen molar-refractivity contribution < 1.29 is 19.0 Å². The van der Waals surface area contributed by atoms with Crippen LogP contribution in [0.3, 0.4) is 0 Å². The summed E-state index contributed by atoms with van der Waals surface area (Å²) in [7, 11) is 0. The van der Waals surface area contributed by atoms with E-state index in [0.29, 0.717) is 29.3 Å². The van der Waals surface area contributed by atoms with E-state index < -0.39 is 5.82 Å². The van der Waals surface area contributed by atoms with Gasteiger partial charge in [0.05, 0.1) is 6.42 Å². The second-order valence-electron chi connectivity index (χ2n) is 4.92. The number of carbonyl (C=O) groups excluding carboxylic acids is 1. The van der Waals surface area contributed by atoms with Crippen LogP contribution in [0.25, 0.3) is 0 Å². The Kier molecular flexibility index (Phi) is 6.38. The molecule has 0 atom stereocenters. The molecule has 1 amide bonds. The van der Waals surface area contributed by atoms with Gasteiger partial charge in [-0.2, -0.15) is 0 Å². The molecular weight excluding hydrogens is 321 g/mol. The van der Waals surface area contributed by atoms with Crippen molar-refractivity contribution >= 4 is 17.5 Å². The number of rotatable bonds is 7. The number of hydrogen-bond donors (Lipinski definition) is 2. The van der Waals surface area contributed by atoms with E-state index in [1.54, 1.807) is 30.3 Å². The molecule has 2 aromatic rings. The van der Waals surface area contributed by atoms with Crippen LogP contribution in [0, 0.1) is 5.82 Å². The molecule has 23 heavy (non-hydrogen) atoms.